The standard InChI is InChI=1S/C26H27ClN2O4/c1-3-5-8-13-29-23(18-15-28-20-10-7-6-9-17(18)20)22(25(31)26(29)32)24(30)16-11-12-19(27)21(14-16)33-4-2/h6-7,9-12,14-15,23,28,30H,3-5,8,13H2,1-2H3/b24-22+. The molecule has 0 saturated carbocycles. The fourth-order valence-electron chi connectivity index (χ4n) is 4.36. The van der Waals surface area contributed by atoms with Crippen molar-refractivity contribution in [3.05, 3.63) is 70.4 Å². The molecule has 4 rings (SSSR count). The van der Waals surface area contributed by atoms with Gasteiger partial charge in [-0.25, -0.2) is 0 Å². The van der Waals surface area contributed by atoms with E-state index in [0.717, 1.165) is 35.7 Å². The molecule has 2 aromatic carbocycles. The second-order valence-electron chi connectivity index (χ2n) is 8.07. The number of aliphatic hydroxyl groups excluding tert-OH is 1. The van der Waals surface area contributed by atoms with Crippen molar-refractivity contribution < 1.29 is 19.4 Å². The van der Waals surface area contributed by atoms with Crippen molar-refractivity contribution >= 4 is 40.0 Å². The second kappa shape index (κ2) is 9.71. The van der Waals surface area contributed by atoms with E-state index in [4.69, 9.17) is 16.3 Å². The number of halogens is 1. The Bertz CT molecular complexity index is 1230. The normalized spacial score (nSPS) is 17.8. The number of hydrogen-bond donors (Lipinski definition) is 2. The first kappa shape index (κ1) is 22.9. The van der Waals surface area contributed by atoms with Crippen LogP contribution < -0.4 is 4.74 Å². The Hall–Kier alpha value is -3.25. The van der Waals surface area contributed by atoms with Crippen LogP contribution in [-0.2, 0) is 9.59 Å². The molecular weight excluding hydrogens is 440 g/mol. The smallest absolute Gasteiger partial charge is 0.295 e. The minimum Gasteiger partial charge on any atom is -0.507 e. The first-order valence-corrected chi connectivity index (χ1v) is 11.6. The van der Waals surface area contributed by atoms with Crippen LogP contribution in [0.2, 0.25) is 5.02 Å². The fraction of sp³-hybridized carbons (Fsp3) is 0.308. The number of ether oxygens (including phenoxy) is 1. The average molecular weight is 467 g/mol. The molecule has 33 heavy (non-hydrogen) atoms. The maximum Gasteiger partial charge on any atom is 0.295 e. The SMILES string of the molecule is CCCCCN1C(=O)C(=O)/C(=C(/O)c2ccc(Cl)c(OCC)c2)C1c1c[nH]c2ccccc12. The number of amides is 1. The van der Waals surface area contributed by atoms with E-state index < -0.39 is 17.7 Å². The number of fused-ring (bicyclic) bond motifs is 1. The molecule has 0 spiro atoms. The summed E-state index contributed by atoms with van der Waals surface area (Å²) >= 11 is 6.20. The molecule has 0 bridgehead atoms. The van der Waals surface area contributed by atoms with E-state index in [-0.39, 0.29) is 11.3 Å². The zero-order valence-electron chi connectivity index (χ0n) is 18.7. The predicted molar refractivity (Wildman–Crippen MR) is 129 cm³/mol. The quantitative estimate of drug-likeness (QED) is 0.189. The lowest BCUT2D eigenvalue weighted by atomic mass is 9.94. The lowest BCUT2D eigenvalue weighted by Crippen LogP contribution is -2.30. The highest BCUT2D eigenvalue weighted by Gasteiger charge is 2.46. The lowest BCUT2D eigenvalue weighted by Gasteiger charge is -2.25. The number of benzene rings is 2. The van der Waals surface area contributed by atoms with E-state index >= 15 is 0 Å². The number of nitrogens with one attached hydrogen (secondary N) is 1. The van der Waals surface area contributed by atoms with Crippen molar-refractivity contribution in [2.24, 2.45) is 0 Å². The van der Waals surface area contributed by atoms with Crippen LogP contribution in [0.5, 0.6) is 5.75 Å². The summed E-state index contributed by atoms with van der Waals surface area (Å²) in [5, 5.41) is 12.6. The van der Waals surface area contributed by atoms with Gasteiger partial charge in [0.25, 0.3) is 11.7 Å². The third kappa shape index (κ3) is 4.23. The van der Waals surface area contributed by atoms with Gasteiger partial charge < -0.3 is 19.7 Å². The molecule has 2 N–H and O–H groups in total. The van der Waals surface area contributed by atoms with Gasteiger partial charge in [0.2, 0.25) is 0 Å². The summed E-state index contributed by atoms with van der Waals surface area (Å²) in [4.78, 5) is 31.1. The maximum absolute atomic E-state index is 13.2. The molecule has 3 aromatic rings. The van der Waals surface area contributed by atoms with Crippen LogP contribution in [0.4, 0.5) is 0 Å². The third-order valence-electron chi connectivity index (χ3n) is 5.96. The highest BCUT2D eigenvalue weighted by molar-refractivity contribution is 6.46. The molecule has 0 aliphatic carbocycles. The number of hydrogen-bond acceptors (Lipinski definition) is 4. The Morgan fingerprint density at radius 3 is 2.70 bits per heavy atom. The minimum absolute atomic E-state index is 0.0750. The van der Waals surface area contributed by atoms with Gasteiger partial charge in [0.1, 0.15) is 11.5 Å². The van der Waals surface area contributed by atoms with Gasteiger partial charge in [0, 0.05) is 34.8 Å². The molecule has 1 fully saturated rings. The predicted octanol–water partition coefficient (Wildman–Crippen LogP) is 5.83. The topological polar surface area (TPSA) is 82.6 Å². The van der Waals surface area contributed by atoms with Crippen LogP contribution in [0, 0.1) is 0 Å². The van der Waals surface area contributed by atoms with E-state index in [2.05, 4.69) is 11.9 Å². The van der Waals surface area contributed by atoms with E-state index in [9.17, 15) is 14.7 Å². The number of likely N-dealkylation sites (tertiary alicyclic amines) is 1. The van der Waals surface area contributed by atoms with Crippen molar-refractivity contribution in [2.75, 3.05) is 13.2 Å². The van der Waals surface area contributed by atoms with E-state index in [1.165, 1.54) is 0 Å². The van der Waals surface area contributed by atoms with Crippen LogP contribution >= 0.6 is 11.6 Å². The molecular formula is C26H27ClN2O4. The highest BCUT2D eigenvalue weighted by atomic mass is 35.5. The Kier molecular flexibility index (Phi) is 6.75. The number of Topliss-reactive ketones (excluding diaryl/α,β-unsaturated/α-hetero) is 1. The molecule has 1 amide bonds. The summed E-state index contributed by atoms with van der Waals surface area (Å²) in [5.74, 6) is -1.11. The number of nitrogens with zero attached hydrogens (tertiary/aromatic N) is 1. The summed E-state index contributed by atoms with van der Waals surface area (Å²) in [7, 11) is 0. The van der Waals surface area contributed by atoms with Crippen molar-refractivity contribution in [1.82, 2.24) is 9.88 Å². The van der Waals surface area contributed by atoms with Gasteiger partial charge in [-0.05, 0) is 37.6 Å². The molecule has 6 nitrogen and oxygen atoms in total. The van der Waals surface area contributed by atoms with Gasteiger partial charge >= 0.3 is 0 Å². The van der Waals surface area contributed by atoms with Gasteiger partial charge in [0.15, 0.2) is 0 Å². The summed E-state index contributed by atoms with van der Waals surface area (Å²) in [6.07, 6.45) is 4.53. The Balaban J connectivity index is 1.88. The van der Waals surface area contributed by atoms with Crippen molar-refractivity contribution in [3.8, 4) is 5.75 Å². The number of aliphatic hydroxyl groups is 1. The Labute approximate surface area is 197 Å². The van der Waals surface area contributed by atoms with E-state index in [1.807, 2.05) is 37.4 Å². The number of H-pyrrole nitrogens is 1. The maximum atomic E-state index is 13.2. The first-order chi connectivity index (χ1) is 16.0. The largest absolute Gasteiger partial charge is 0.507 e. The number of ketones is 1. The zero-order valence-corrected chi connectivity index (χ0v) is 19.5. The monoisotopic (exact) mass is 466 g/mol. The molecule has 2 heterocycles. The number of carbonyl (C=O) groups excluding carboxylic acids is 2. The Morgan fingerprint density at radius 1 is 1.15 bits per heavy atom. The summed E-state index contributed by atoms with van der Waals surface area (Å²) in [5.41, 5.74) is 2.13. The van der Waals surface area contributed by atoms with Crippen LogP contribution in [0.15, 0.2) is 54.2 Å². The highest BCUT2D eigenvalue weighted by Crippen LogP contribution is 2.42. The van der Waals surface area contributed by atoms with Crippen LogP contribution in [0.25, 0.3) is 16.7 Å². The zero-order chi connectivity index (χ0) is 23.5. The molecule has 1 atom stereocenters. The summed E-state index contributed by atoms with van der Waals surface area (Å²) < 4.78 is 5.55. The molecule has 1 aromatic heterocycles. The van der Waals surface area contributed by atoms with Crippen molar-refractivity contribution in [3.63, 3.8) is 0 Å². The summed E-state index contributed by atoms with van der Waals surface area (Å²) in [6, 6.07) is 11.9. The lowest BCUT2D eigenvalue weighted by molar-refractivity contribution is -0.139. The fourth-order valence-corrected chi connectivity index (χ4v) is 4.53. The molecule has 1 aliphatic heterocycles. The third-order valence-corrected chi connectivity index (χ3v) is 6.28. The van der Waals surface area contributed by atoms with Gasteiger partial charge in [0.05, 0.1) is 23.2 Å². The number of unbranched alkanes of at least 4 members (excludes halogenated alkanes) is 2. The number of carbonyl (C=O) groups is 2. The molecule has 172 valence electrons. The minimum atomic E-state index is -0.691. The number of aromatic amines is 1. The van der Waals surface area contributed by atoms with Crippen molar-refractivity contribution in [2.45, 2.75) is 39.2 Å². The number of para-hydroxylation sites is 1. The number of rotatable bonds is 8. The summed E-state index contributed by atoms with van der Waals surface area (Å²) in [6.45, 7) is 4.76. The number of aromatic nitrogens is 1. The molecule has 1 saturated heterocycles. The molecule has 0 radical (unpaired) electrons. The molecule has 7 heteroatoms. The van der Waals surface area contributed by atoms with E-state index in [1.54, 1.807) is 23.1 Å². The van der Waals surface area contributed by atoms with Gasteiger partial charge in [-0.15, -0.1) is 0 Å². The van der Waals surface area contributed by atoms with Gasteiger partial charge in [-0.3, -0.25) is 9.59 Å². The van der Waals surface area contributed by atoms with Crippen LogP contribution in [0.3, 0.4) is 0 Å². The van der Waals surface area contributed by atoms with E-state index in [0.29, 0.717) is 29.5 Å². The van der Waals surface area contributed by atoms with Crippen LogP contribution in [0.1, 0.15) is 50.3 Å². The van der Waals surface area contributed by atoms with Crippen molar-refractivity contribution in [1.29, 1.82) is 0 Å². The second-order valence-corrected chi connectivity index (χ2v) is 8.47. The van der Waals surface area contributed by atoms with Gasteiger partial charge in [-0.1, -0.05) is 49.6 Å². The van der Waals surface area contributed by atoms with Gasteiger partial charge in [-0.2, -0.15) is 0 Å². The molecule has 1 unspecified atom stereocenters. The molecule has 1 aliphatic rings. The first-order valence-electron chi connectivity index (χ1n) is 11.2. The Morgan fingerprint density at radius 2 is 1.94 bits per heavy atom. The average Bonchev–Trinajstić information content (AvgIpc) is 3.34. The van der Waals surface area contributed by atoms with Crippen LogP contribution in [-0.4, -0.2) is 39.8 Å².